The average Bonchev–Trinajstić information content (AvgIpc) is 2.61. The second-order valence-electron chi connectivity index (χ2n) is 2.80. The number of fused-ring (bicyclic) bond motifs is 1. The van der Waals surface area contributed by atoms with Crippen LogP contribution >= 0.6 is 0 Å². The van der Waals surface area contributed by atoms with Gasteiger partial charge in [-0.15, -0.1) is 11.7 Å². The maximum absolute atomic E-state index is 4.30. The van der Waals surface area contributed by atoms with Crippen LogP contribution < -0.4 is 10.6 Å². The molecule has 0 aromatic rings. The van der Waals surface area contributed by atoms with Crippen LogP contribution in [0.15, 0.2) is 39.6 Å². The third kappa shape index (κ3) is 1.71. The van der Waals surface area contributed by atoms with Crippen molar-refractivity contribution in [2.24, 2.45) is 15.2 Å². The fraction of sp³-hybridized carbons (Fsp3) is 0.375. The van der Waals surface area contributed by atoms with E-state index in [1.54, 1.807) is 12.3 Å². The molecule has 13 heavy (non-hydrogen) atoms. The van der Waals surface area contributed by atoms with Gasteiger partial charge < -0.3 is 0 Å². The van der Waals surface area contributed by atoms with Crippen molar-refractivity contribution in [3.63, 3.8) is 0 Å². The Hall–Kier alpha value is -1.33. The van der Waals surface area contributed by atoms with Crippen LogP contribution in [0.2, 0.25) is 0 Å². The van der Waals surface area contributed by atoms with Gasteiger partial charge in [0.05, 0.1) is 6.20 Å². The molecule has 0 saturated carbocycles. The largest absolute Gasteiger partial charge is 0.280 e. The second-order valence-corrected chi connectivity index (χ2v) is 2.80. The minimum atomic E-state index is -0.0674. The zero-order valence-electron chi connectivity index (χ0n) is 7.20. The van der Waals surface area contributed by atoms with E-state index in [4.69, 9.17) is 0 Å². The zero-order chi connectivity index (χ0) is 9.10. The molecule has 0 radical (unpaired) electrons. The Balaban J connectivity index is 2.02. The summed E-state index contributed by atoms with van der Waals surface area (Å²) >= 11 is 0. The second kappa shape index (κ2) is 3.59. The smallest absolute Gasteiger partial charge is 0.178 e. The maximum atomic E-state index is 4.30. The molecule has 0 amide bonds. The van der Waals surface area contributed by atoms with E-state index in [-0.39, 0.29) is 6.29 Å². The summed E-state index contributed by atoms with van der Waals surface area (Å²) in [7, 11) is 0. The van der Waals surface area contributed by atoms with Crippen LogP contribution in [0.5, 0.6) is 0 Å². The number of hydrogen-bond donors (Lipinski definition) is 2. The highest BCUT2D eigenvalue weighted by Crippen LogP contribution is 2.12. The third-order valence-corrected chi connectivity index (χ3v) is 1.85. The average molecular weight is 177 g/mol. The minimum Gasteiger partial charge on any atom is -0.280 e. The van der Waals surface area contributed by atoms with Crippen molar-refractivity contribution < 1.29 is 0 Å². The summed E-state index contributed by atoms with van der Waals surface area (Å²) in [4.78, 5) is 4.30. The lowest BCUT2D eigenvalue weighted by molar-refractivity contribution is 0.467. The summed E-state index contributed by atoms with van der Waals surface area (Å²) in [6, 6.07) is 0. The van der Waals surface area contributed by atoms with E-state index in [2.05, 4.69) is 32.4 Å². The van der Waals surface area contributed by atoms with Gasteiger partial charge in [-0.05, 0) is 0 Å². The van der Waals surface area contributed by atoms with Gasteiger partial charge in [0.25, 0.3) is 0 Å². The van der Waals surface area contributed by atoms with Gasteiger partial charge in [0, 0.05) is 18.7 Å². The summed E-state index contributed by atoms with van der Waals surface area (Å²) in [5, 5.41) is 14.0. The van der Waals surface area contributed by atoms with Crippen molar-refractivity contribution in [2.75, 3.05) is 13.1 Å². The van der Waals surface area contributed by atoms with Gasteiger partial charge in [-0.25, -0.2) is 4.99 Å². The van der Waals surface area contributed by atoms with Gasteiger partial charge in [-0.3, -0.25) is 10.6 Å². The molecule has 0 aromatic heterocycles. The highest BCUT2D eigenvalue weighted by Gasteiger charge is 2.19. The molecule has 2 N–H and O–H groups in total. The predicted molar refractivity (Wildman–Crippen MR) is 50.4 cm³/mol. The molecule has 2 aliphatic rings. The molecule has 0 aliphatic carbocycles. The highest BCUT2D eigenvalue weighted by molar-refractivity contribution is 6.00. The topological polar surface area (TPSA) is 61.1 Å². The fourth-order valence-corrected chi connectivity index (χ4v) is 1.20. The quantitative estimate of drug-likeness (QED) is 0.613. The van der Waals surface area contributed by atoms with E-state index in [1.807, 2.05) is 0 Å². The van der Waals surface area contributed by atoms with Crippen LogP contribution in [0.25, 0.3) is 0 Å². The van der Waals surface area contributed by atoms with Crippen molar-refractivity contribution in [1.29, 1.82) is 0 Å². The summed E-state index contributed by atoms with van der Waals surface area (Å²) in [6.45, 7) is 5.11. The van der Waals surface area contributed by atoms with Crippen molar-refractivity contribution in [3.05, 3.63) is 24.4 Å². The molecular weight excluding hydrogens is 166 g/mol. The SMILES string of the molecule is C=CCNC1N=C2N=NC=C2CN1. The Labute approximate surface area is 76.3 Å². The summed E-state index contributed by atoms with van der Waals surface area (Å²) in [6.07, 6.45) is 3.46. The number of hydrogen-bond acceptors (Lipinski definition) is 5. The number of nitrogens with zero attached hydrogens (tertiary/aromatic N) is 3. The van der Waals surface area contributed by atoms with E-state index in [0.717, 1.165) is 24.5 Å². The molecule has 68 valence electrons. The van der Waals surface area contributed by atoms with Crippen molar-refractivity contribution in [2.45, 2.75) is 6.29 Å². The van der Waals surface area contributed by atoms with Crippen LogP contribution in [-0.2, 0) is 0 Å². The standard InChI is InChI=1S/C8H11N5/c1-2-3-9-8-10-4-6-5-11-13-7(6)12-8/h2,5,8-10H,1,3-4H2. The van der Waals surface area contributed by atoms with Crippen LogP contribution in [0, 0.1) is 0 Å². The molecule has 2 rings (SSSR count). The molecule has 5 heteroatoms. The Morgan fingerprint density at radius 3 is 3.54 bits per heavy atom. The van der Waals surface area contributed by atoms with E-state index in [0.29, 0.717) is 0 Å². The molecule has 2 aliphatic heterocycles. The molecule has 1 unspecified atom stereocenters. The van der Waals surface area contributed by atoms with E-state index >= 15 is 0 Å². The van der Waals surface area contributed by atoms with Crippen LogP contribution in [0.3, 0.4) is 0 Å². The molecule has 0 aromatic carbocycles. The predicted octanol–water partition coefficient (Wildman–Crippen LogP) is 0.397. The lowest BCUT2D eigenvalue weighted by Gasteiger charge is -2.20. The number of nitrogens with one attached hydrogen (secondary N) is 2. The van der Waals surface area contributed by atoms with Crippen molar-refractivity contribution in [1.82, 2.24) is 10.6 Å². The van der Waals surface area contributed by atoms with Crippen LogP contribution in [0.4, 0.5) is 0 Å². The Morgan fingerprint density at radius 1 is 1.77 bits per heavy atom. The van der Waals surface area contributed by atoms with E-state index in [1.165, 1.54) is 0 Å². The first kappa shape index (κ1) is 8.28. The Kier molecular flexibility index (Phi) is 2.29. The normalized spacial score (nSPS) is 25.1. The molecule has 0 spiro atoms. The molecule has 0 saturated heterocycles. The Morgan fingerprint density at radius 2 is 2.69 bits per heavy atom. The van der Waals surface area contributed by atoms with Gasteiger partial charge in [0.1, 0.15) is 0 Å². The molecule has 0 bridgehead atoms. The molecule has 5 nitrogen and oxygen atoms in total. The maximum Gasteiger partial charge on any atom is 0.178 e. The Bertz CT molecular complexity index is 302. The van der Waals surface area contributed by atoms with Gasteiger partial charge in [-0.2, -0.15) is 5.11 Å². The summed E-state index contributed by atoms with van der Waals surface area (Å²) < 4.78 is 0. The van der Waals surface area contributed by atoms with Gasteiger partial charge >= 0.3 is 0 Å². The summed E-state index contributed by atoms with van der Waals surface area (Å²) in [5.74, 6) is 0.736. The third-order valence-electron chi connectivity index (χ3n) is 1.85. The fourth-order valence-electron chi connectivity index (χ4n) is 1.20. The van der Waals surface area contributed by atoms with Crippen LogP contribution in [-0.4, -0.2) is 25.2 Å². The van der Waals surface area contributed by atoms with Gasteiger partial charge in [0.2, 0.25) is 0 Å². The van der Waals surface area contributed by atoms with Gasteiger partial charge in [0.15, 0.2) is 12.1 Å². The number of rotatable bonds is 3. The van der Waals surface area contributed by atoms with Crippen molar-refractivity contribution >= 4 is 5.84 Å². The highest BCUT2D eigenvalue weighted by atomic mass is 15.3. The van der Waals surface area contributed by atoms with E-state index < -0.39 is 0 Å². The first-order valence-electron chi connectivity index (χ1n) is 4.16. The molecule has 2 heterocycles. The number of aliphatic imine (C=N–C) groups is 1. The monoisotopic (exact) mass is 177 g/mol. The number of amidine groups is 1. The lowest BCUT2D eigenvalue weighted by atomic mass is 10.2. The molecule has 1 atom stereocenters. The van der Waals surface area contributed by atoms with Crippen LogP contribution in [0.1, 0.15) is 0 Å². The molecule has 0 fully saturated rings. The minimum absolute atomic E-state index is 0.0674. The van der Waals surface area contributed by atoms with Crippen molar-refractivity contribution in [3.8, 4) is 0 Å². The summed E-state index contributed by atoms with van der Waals surface area (Å²) in [5.41, 5.74) is 1.05. The van der Waals surface area contributed by atoms with Gasteiger partial charge in [-0.1, -0.05) is 6.08 Å². The van der Waals surface area contributed by atoms with E-state index in [9.17, 15) is 0 Å². The number of azo groups is 1. The first-order valence-corrected chi connectivity index (χ1v) is 4.16. The lowest BCUT2D eigenvalue weighted by Crippen LogP contribution is -2.45. The molecular formula is C8H11N5. The zero-order valence-corrected chi connectivity index (χ0v) is 7.20. The first-order chi connectivity index (χ1) is 6.40.